The van der Waals surface area contributed by atoms with Gasteiger partial charge in [-0.25, -0.2) is 22.3 Å². The van der Waals surface area contributed by atoms with Crippen molar-refractivity contribution < 1.29 is 17.6 Å². The Morgan fingerprint density at radius 3 is 2.84 bits per heavy atom. The van der Waals surface area contributed by atoms with Gasteiger partial charge in [0.15, 0.2) is 11.6 Å². The van der Waals surface area contributed by atoms with Crippen LogP contribution in [0.3, 0.4) is 0 Å². The standard InChI is InChI=1S/C20H25FN6O3S/c1-20(2)10-27(19(28)24-20)12-4-3-11(7-12)15-8-17(26-25-15)23-14-5-6-16-13(18(14)21)9-22-31(16,29)30/h5-6,8,11-12,22H,3-4,7,9-10H2,1-2H3,(H,24,28)(H2,23,25,26)/t11-,12+/m1/s1. The molecular weight excluding hydrogens is 423 g/mol. The number of amides is 2. The first-order valence-corrected chi connectivity index (χ1v) is 11.8. The van der Waals surface area contributed by atoms with Crippen molar-refractivity contribution in [1.29, 1.82) is 0 Å². The quantitative estimate of drug-likeness (QED) is 0.573. The van der Waals surface area contributed by atoms with Crippen molar-refractivity contribution in [3.63, 3.8) is 0 Å². The van der Waals surface area contributed by atoms with E-state index in [1.165, 1.54) is 12.1 Å². The van der Waals surface area contributed by atoms with Crippen molar-refractivity contribution in [2.24, 2.45) is 0 Å². The van der Waals surface area contributed by atoms with Crippen LogP contribution in [0.5, 0.6) is 0 Å². The average molecular weight is 449 g/mol. The molecule has 9 nitrogen and oxygen atoms in total. The molecule has 3 aliphatic rings. The molecule has 0 spiro atoms. The van der Waals surface area contributed by atoms with E-state index in [-0.39, 0.29) is 46.2 Å². The molecule has 1 aromatic carbocycles. The van der Waals surface area contributed by atoms with Crippen LogP contribution in [0.2, 0.25) is 0 Å². The lowest BCUT2D eigenvalue weighted by atomic mass is 10.0. The number of sulfonamides is 1. The molecule has 3 heterocycles. The van der Waals surface area contributed by atoms with Gasteiger partial charge in [0.25, 0.3) is 0 Å². The van der Waals surface area contributed by atoms with E-state index in [0.29, 0.717) is 12.4 Å². The van der Waals surface area contributed by atoms with Crippen LogP contribution in [0.1, 0.15) is 50.3 Å². The van der Waals surface area contributed by atoms with E-state index >= 15 is 0 Å². The summed E-state index contributed by atoms with van der Waals surface area (Å²) in [7, 11) is -3.62. The Morgan fingerprint density at radius 1 is 1.29 bits per heavy atom. The summed E-state index contributed by atoms with van der Waals surface area (Å²) in [6.07, 6.45) is 2.71. The summed E-state index contributed by atoms with van der Waals surface area (Å²) >= 11 is 0. The van der Waals surface area contributed by atoms with Crippen molar-refractivity contribution >= 4 is 27.6 Å². The van der Waals surface area contributed by atoms with Crippen LogP contribution in [-0.2, 0) is 16.6 Å². The third-order valence-electron chi connectivity index (χ3n) is 6.35. The van der Waals surface area contributed by atoms with Gasteiger partial charge in [-0.05, 0) is 45.2 Å². The number of halogens is 1. The van der Waals surface area contributed by atoms with Gasteiger partial charge in [0.2, 0.25) is 10.0 Å². The molecule has 2 amide bonds. The minimum absolute atomic E-state index is 0.00814. The Kier molecular flexibility index (Phi) is 4.52. The highest BCUT2D eigenvalue weighted by atomic mass is 32.2. The van der Waals surface area contributed by atoms with Crippen LogP contribution in [0.15, 0.2) is 23.1 Å². The van der Waals surface area contributed by atoms with Gasteiger partial charge in [0, 0.05) is 42.4 Å². The fraction of sp³-hybridized carbons (Fsp3) is 0.500. The van der Waals surface area contributed by atoms with Gasteiger partial charge in [-0.2, -0.15) is 5.10 Å². The number of hydrogen-bond acceptors (Lipinski definition) is 5. The molecule has 5 rings (SSSR count). The number of carbonyl (C=O) groups excluding carboxylic acids is 1. The van der Waals surface area contributed by atoms with Crippen LogP contribution in [-0.4, -0.2) is 47.7 Å². The number of H-pyrrole nitrogens is 1. The highest BCUT2D eigenvalue weighted by molar-refractivity contribution is 7.89. The van der Waals surface area contributed by atoms with E-state index in [2.05, 4.69) is 25.6 Å². The molecule has 1 aliphatic carbocycles. The number of aromatic nitrogens is 2. The molecule has 11 heteroatoms. The zero-order chi connectivity index (χ0) is 22.0. The maximum Gasteiger partial charge on any atom is 0.318 e. The van der Waals surface area contributed by atoms with Crippen LogP contribution in [0.25, 0.3) is 0 Å². The Morgan fingerprint density at radius 2 is 2.10 bits per heavy atom. The first-order valence-electron chi connectivity index (χ1n) is 10.4. The topological polar surface area (TPSA) is 119 Å². The second-order valence-electron chi connectivity index (χ2n) is 9.17. The highest BCUT2D eigenvalue weighted by Gasteiger charge is 2.41. The molecule has 0 unspecified atom stereocenters. The predicted octanol–water partition coefficient (Wildman–Crippen LogP) is 2.52. The molecule has 166 valence electrons. The van der Waals surface area contributed by atoms with Gasteiger partial charge in [-0.15, -0.1) is 0 Å². The summed E-state index contributed by atoms with van der Waals surface area (Å²) in [5.74, 6) is 0.106. The van der Waals surface area contributed by atoms with E-state index < -0.39 is 15.8 Å². The first kappa shape index (κ1) is 20.3. The molecule has 2 fully saturated rings. The Labute approximate surface area is 179 Å². The molecule has 2 aromatic rings. The number of nitrogens with zero attached hydrogens (tertiary/aromatic N) is 2. The molecular formula is C20H25FN6O3S. The smallest absolute Gasteiger partial charge is 0.318 e. The SMILES string of the molecule is CC1(C)CN([C@H]2CC[C@@H](c3cc(Nc4ccc5c(c4F)CNS5(=O)=O)n[nH]3)C2)C(=O)N1. The minimum atomic E-state index is -3.62. The van der Waals surface area contributed by atoms with Gasteiger partial charge >= 0.3 is 6.03 Å². The molecule has 0 radical (unpaired) electrons. The number of carbonyl (C=O) groups is 1. The lowest BCUT2D eigenvalue weighted by molar-refractivity contribution is 0.197. The normalized spacial score (nSPS) is 26.2. The van der Waals surface area contributed by atoms with E-state index in [1.54, 1.807) is 0 Å². The van der Waals surface area contributed by atoms with E-state index in [1.807, 2.05) is 24.8 Å². The number of hydrogen-bond donors (Lipinski definition) is 4. The lowest BCUT2D eigenvalue weighted by Crippen LogP contribution is -2.36. The Hall–Kier alpha value is -2.66. The van der Waals surface area contributed by atoms with Gasteiger partial charge in [0.1, 0.15) is 0 Å². The number of urea groups is 1. The Balaban J connectivity index is 1.28. The van der Waals surface area contributed by atoms with Crippen molar-refractivity contribution in [2.75, 3.05) is 11.9 Å². The van der Waals surface area contributed by atoms with Crippen LogP contribution in [0.4, 0.5) is 20.7 Å². The summed E-state index contributed by atoms with van der Waals surface area (Å²) in [4.78, 5) is 14.2. The zero-order valence-electron chi connectivity index (χ0n) is 17.3. The largest absolute Gasteiger partial charge is 0.336 e. The molecule has 1 aromatic heterocycles. The van der Waals surface area contributed by atoms with Gasteiger partial charge < -0.3 is 15.5 Å². The van der Waals surface area contributed by atoms with Crippen molar-refractivity contribution in [2.45, 2.75) is 62.0 Å². The summed E-state index contributed by atoms with van der Waals surface area (Å²) < 4.78 is 40.8. The zero-order valence-corrected chi connectivity index (χ0v) is 18.1. The second kappa shape index (κ2) is 6.92. The predicted molar refractivity (Wildman–Crippen MR) is 112 cm³/mol. The van der Waals surface area contributed by atoms with Crippen LogP contribution in [0, 0.1) is 5.82 Å². The lowest BCUT2D eigenvalue weighted by Gasteiger charge is -2.24. The van der Waals surface area contributed by atoms with E-state index in [0.717, 1.165) is 25.0 Å². The third-order valence-corrected chi connectivity index (χ3v) is 7.83. The Bertz CT molecular complexity index is 1160. The number of rotatable bonds is 4. The molecule has 1 saturated heterocycles. The first-order chi connectivity index (χ1) is 14.6. The summed E-state index contributed by atoms with van der Waals surface area (Å²) in [6, 6.07) is 4.84. The number of aromatic amines is 1. The number of nitrogens with one attached hydrogen (secondary N) is 4. The van der Waals surface area contributed by atoms with E-state index in [9.17, 15) is 17.6 Å². The number of anilines is 2. The van der Waals surface area contributed by atoms with Crippen LogP contribution >= 0.6 is 0 Å². The summed E-state index contributed by atoms with van der Waals surface area (Å²) in [5.41, 5.74) is 1.03. The molecule has 2 atom stereocenters. The summed E-state index contributed by atoms with van der Waals surface area (Å²) in [6.45, 7) is 4.68. The van der Waals surface area contributed by atoms with Gasteiger partial charge in [0.05, 0.1) is 16.1 Å². The van der Waals surface area contributed by atoms with Gasteiger partial charge in [-0.1, -0.05) is 0 Å². The fourth-order valence-corrected chi connectivity index (χ4v) is 6.05. The fourth-order valence-electron chi connectivity index (χ4n) is 4.83. The second-order valence-corrected chi connectivity index (χ2v) is 10.9. The third kappa shape index (κ3) is 3.55. The monoisotopic (exact) mass is 448 g/mol. The molecule has 1 saturated carbocycles. The van der Waals surface area contributed by atoms with Crippen LogP contribution < -0.4 is 15.4 Å². The molecule has 4 N–H and O–H groups in total. The van der Waals surface area contributed by atoms with Gasteiger partial charge in [-0.3, -0.25) is 5.10 Å². The van der Waals surface area contributed by atoms with E-state index in [4.69, 9.17) is 0 Å². The number of fused-ring (bicyclic) bond motifs is 1. The van der Waals surface area contributed by atoms with Crippen molar-refractivity contribution in [3.8, 4) is 0 Å². The summed E-state index contributed by atoms with van der Waals surface area (Å²) in [5, 5.41) is 13.2. The molecule has 2 aliphatic heterocycles. The maximum absolute atomic E-state index is 14.8. The van der Waals surface area contributed by atoms with Crippen molar-refractivity contribution in [1.82, 2.24) is 25.1 Å². The molecule has 31 heavy (non-hydrogen) atoms. The maximum atomic E-state index is 14.8. The molecule has 0 bridgehead atoms. The number of benzene rings is 1. The average Bonchev–Trinajstić information content (AvgIpc) is 3.44. The van der Waals surface area contributed by atoms with Crippen molar-refractivity contribution in [3.05, 3.63) is 35.3 Å². The minimum Gasteiger partial charge on any atom is -0.336 e. The highest BCUT2D eigenvalue weighted by Crippen LogP contribution is 2.38.